The summed E-state index contributed by atoms with van der Waals surface area (Å²) in [4.78, 5) is 16.5. The molecule has 2 N–H and O–H groups in total. The van der Waals surface area contributed by atoms with Gasteiger partial charge in [0.15, 0.2) is 11.3 Å². The predicted molar refractivity (Wildman–Crippen MR) is 86.5 cm³/mol. The van der Waals surface area contributed by atoms with Crippen LogP contribution in [0.2, 0.25) is 5.02 Å². The summed E-state index contributed by atoms with van der Waals surface area (Å²) in [5.41, 5.74) is 1.78. The van der Waals surface area contributed by atoms with Crippen LogP contribution in [-0.2, 0) is 4.79 Å². The molecule has 22 heavy (non-hydrogen) atoms. The monoisotopic (exact) mass is 332 g/mol. The van der Waals surface area contributed by atoms with Crippen LogP contribution in [0, 0.1) is 17.4 Å². The molecule has 0 aliphatic heterocycles. The van der Waals surface area contributed by atoms with Crippen LogP contribution in [0.15, 0.2) is 29.6 Å². The Morgan fingerprint density at radius 2 is 2.09 bits per heavy atom. The Bertz CT molecular complexity index is 716. The Hall–Kier alpha value is -2.10. The maximum Gasteiger partial charge on any atom is 0.229 e. The normalized spacial score (nSPS) is 19.8. The molecule has 1 amide bonds. The van der Waals surface area contributed by atoms with Crippen LogP contribution in [0.5, 0.6) is 0 Å². The van der Waals surface area contributed by atoms with Crippen LogP contribution in [0.25, 0.3) is 11.3 Å². The van der Waals surface area contributed by atoms with Gasteiger partial charge >= 0.3 is 0 Å². The number of rotatable bonds is 4. The quantitative estimate of drug-likeness (QED) is 0.665. The SMILES string of the molecule is N#CNC1CC(C(=O)Nc2nc(-c3ccc(Cl)cc3)cs2)C1. The average molecular weight is 333 g/mol. The van der Waals surface area contributed by atoms with E-state index in [0.717, 1.165) is 11.3 Å². The molecule has 1 aromatic heterocycles. The third kappa shape index (κ3) is 3.21. The van der Waals surface area contributed by atoms with Crippen LogP contribution in [0.4, 0.5) is 5.13 Å². The van der Waals surface area contributed by atoms with Crippen molar-refractivity contribution in [3.63, 3.8) is 0 Å². The lowest BCUT2D eigenvalue weighted by atomic mass is 9.80. The van der Waals surface area contributed by atoms with Crippen LogP contribution >= 0.6 is 22.9 Å². The minimum atomic E-state index is -0.0475. The number of nitrogens with one attached hydrogen (secondary N) is 2. The van der Waals surface area contributed by atoms with E-state index in [9.17, 15) is 4.79 Å². The molecule has 1 aromatic carbocycles. The van der Waals surface area contributed by atoms with E-state index in [1.54, 1.807) is 0 Å². The van der Waals surface area contributed by atoms with Crippen LogP contribution in [-0.4, -0.2) is 16.9 Å². The predicted octanol–water partition coefficient (Wildman–Crippen LogP) is 3.25. The van der Waals surface area contributed by atoms with Crippen molar-refractivity contribution in [1.29, 1.82) is 5.26 Å². The molecule has 0 atom stereocenters. The molecule has 1 heterocycles. The lowest BCUT2D eigenvalue weighted by Gasteiger charge is -2.32. The molecule has 0 unspecified atom stereocenters. The number of carbonyl (C=O) groups is 1. The van der Waals surface area contributed by atoms with Crippen molar-refractivity contribution in [2.75, 3.05) is 5.32 Å². The highest BCUT2D eigenvalue weighted by molar-refractivity contribution is 7.14. The van der Waals surface area contributed by atoms with E-state index < -0.39 is 0 Å². The molecule has 0 bridgehead atoms. The first-order chi connectivity index (χ1) is 10.7. The van der Waals surface area contributed by atoms with Gasteiger partial charge in [0.2, 0.25) is 5.91 Å². The van der Waals surface area contributed by atoms with Gasteiger partial charge in [0, 0.05) is 27.9 Å². The zero-order chi connectivity index (χ0) is 15.5. The van der Waals surface area contributed by atoms with E-state index in [4.69, 9.17) is 16.9 Å². The summed E-state index contributed by atoms with van der Waals surface area (Å²) in [5, 5.41) is 17.2. The van der Waals surface area contributed by atoms with Gasteiger partial charge in [0.25, 0.3) is 0 Å². The molecule has 0 radical (unpaired) electrons. The van der Waals surface area contributed by atoms with Gasteiger partial charge in [-0.05, 0) is 25.0 Å². The van der Waals surface area contributed by atoms with Crippen molar-refractivity contribution < 1.29 is 4.79 Å². The molecule has 0 saturated heterocycles. The summed E-state index contributed by atoms with van der Waals surface area (Å²) in [5.74, 6) is -0.0817. The van der Waals surface area contributed by atoms with Gasteiger partial charge in [-0.3, -0.25) is 4.79 Å². The Morgan fingerprint density at radius 3 is 2.77 bits per heavy atom. The molecular formula is C15H13ClN4OS. The zero-order valence-corrected chi connectivity index (χ0v) is 13.1. The maximum absolute atomic E-state index is 12.1. The number of thiazole rings is 1. The highest BCUT2D eigenvalue weighted by Crippen LogP contribution is 2.30. The second-order valence-electron chi connectivity index (χ2n) is 5.16. The second kappa shape index (κ2) is 6.34. The molecule has 1 aliphatic rings. The van der Waals surface area contributed by atoms with E-state index in [2.05, 4.69) is 15.6 Å². The number of aromatic nitrogens is 1. The first-order valence-corrected chi connectivity index (χ1v) is 8.08. The highest BCUT2D eigenvalue weighted by Gasteiger charge is 2.34. The van der Waals surface area contributed by atoms with Crippen molar-refractivity contribution >= 4 is 34.0 Å². The van der Waals surface area contributed by atoms with Crippen molar-refractivity contribution in [1.82, 2.24) is 10.3 Å². The Kier molecular flexibility index (Phi) is 4.27. The summed E-state index contributed by atoms with van der Waals surface area (Å²) >= 11 is 7.26. The zero-order valence-electron chi connectivity index (χ0n) is 11.5. The smallest absolute Gasteiger partial charge is 0.229 e. The van der Waals surface area contributed by atoms with Gasteiger partial charge in [-0.25, -0.2) is 4.98 Å². The van der Waals surface area contributed by atoms with Crippen LogP contribution in [0.3, 0.4) is 0 Å². The third-order valence-corrected chi connectivity index (χ3v) is 4.66. The Morgan fingerprint density at radius 1 is 1.36 bits per heavy atom. The molecular weight excluding hydrogens is 320 g/mol. The largest absolute Gasteiger partial charge is 0.321 e. The minimum Gasteiger partial charge on any atom is -0.321 e. The minimum absolute atomic E-state index is 0.0343. The number of benzene rings is 1. The standard InChI is InChI=1S/C15H13ClN4OS/c16-11-3-1-9(2-4-11)13-7-22-15(19-13)20-14(21)10-5-12(6-10)18-8-17/h1-4,7,10,12,18H,5-6H2,(H,19,20,21). The first-order valence-electron chi connectivity index (χ1n) is 6.82. The molecule has 112 valence electrons. The molecule has 1 saturated carbocycles. The van der Waals surface area contributed by atoms with E-state index in [1.165, 1.54) is 11.3 Å². The number of nitrogens with zero attached hydrogens (tertiary/aromatic N) is 2. The van der Waals surface area contributed by atoms with Crippen LogP contribution < -0.4 is 10.6 Å². The number of carbonyl (C=O) groups excluding carboxylic acids is 1. The third-order valence-electron chi connectivity index (χ3n) is 3.65. The average Bonchev–Trinajstić information content (AvgIpc) is 2.91. The van der Waals surface area contributed by atoms with Gasteiger partial charge in [0.1, 0.15) is 0 Å². The highest BCUT2D eigenvalue weighted by atomic mass is 35.5. The van der Waals surface area contributed by atoms with Gasteiger partial charge in [0.05, 0.1) is 5.69 Å². The van der Waals surface area contributed by atoms with Gasteiger partial charge in [-0.1, -0.05) is 23.7 Å². The fraction of sp³-hybridized carbons (Fsp3) is 0.267. The maximum atomic E-state index is 12.1. The first kappa shape index (κ1) is 14.8. The summed E-state index contributed by atoms with van der Waals surface area (Å²) in [7, 11) is 0. The molecule has 3 rings (SSSR count). The summed E-state index contributed by atoms with van der Waals surface area (Å²) < 4.78 is 0. The van der Waals surface area contributed by atoms with Crippen molar-refractivity contribution in [3.05, 3.63) is 34.7 Å². The Labute approximate surface area is 136 Å². The number of amides is 1. The number of anilines is 1. The molecule has 1 fully saturated rings. The van der Waals surface area contributed by atoms with Gasteiger partial charge in [-0.2, -0.15) is 5.26 Å². The van der Waals surface area contributed by atoms with E-state index >= 15 is 0 Å². The number of hydrogen-bond acceptors (Lipinski definition) is 5. The molecule has 0 spiro atoms. The molecule has 7 heteroatoms. The van der Waals surface area contributed by atoms with E-state index in [0.29, 0.717) is 23.0 Å². The molecule has 2 aromatic rings. The van der Waals surface area contributed by atoms with E-state index in [-0.39, 0.29) is 17.9 Å². The summed E-state index contributed by atoms with van der Waals surface area (Å²) in [6, 6.07) is 7.54. The number of hydrogen-bond donors (Lipinski definition) is 2. The topological polar surface area (TPSA) is 77.8 Å². The van der Waals surface area contributed by atoms with Crippen molar-refractivity contribution in [2.24, 2.45) is 5.92 Å². The molecule has 1 aliphatic carbocycles. The fourth-order valence-electron chi connectivity index (χ4n) is 2.33. The van der Waals surface area contributed by atoms with Gasteiger partial charge in [-0.15, -0.1) is 11.3 Å². The lowest BCUT2D eigenvalue weighted by Crippen LogP contribution is -2.44. The lowest BCUT2D eigenvalue weighted by molar-refractivity contribution is -0.122. The second-order valence-corrected chi connectivity index (χ2v) is 6.45. The number of nitriles is 1. The molecule has 5 nitrogen and oxygen atoms in total. The number of halogens is 1. The van der Waals surface area contributed by atoms with Gasteiger partial charge < -0.3 is 10.6 Å². The van der Waals surface area contributed by atoms with Crippen LogP contribution in [0.1, 0.15) is 12.8 Å². The van der Waals surface area contributed by atoms with Crippen molar-refractivity contribution in [3.8, 4) is 17.5 Å². The summed E-state index contributed by atoms with van der Waals surface area (Å²) in [6.07, 6.45) is 3.28. The Balaban J connectivity index is 1.59. The van der Waals surface area contributed by atoms with E-state index in [1.807, 2.05) is 35.8 Å². The fourth-order valence-corrected chi connectivity index (χ4v) is 3.18. The van der Waals surface area contributed by atoms with Crippen molar-refractivity contribution in [2.45, 2.75) is 18.9 Å². The summed E-state index contributed by atoms with van der Waals surface area (Å²) in [6.45, 7) is 0.